The number of hydrogen-bond acceptors (Lipinski definition) is 3. The second kappa shape index (κ2) is 4.75. The van der Waals surface area contributed by atoms with Crippen LogP contribution in [0.5, 0.6) is 0 Å². The third-order valence-electron chi connectivity index (χ3n) is 1.59. The van der Waals surface area contributed by atoms with E-state index in [4.69, 9.17) is 5.26 Å². The molecule has 0 radical (unpaired) electrons. The van der Waals surface area contributed by atoms with Crippen molar-refractivity contribution in [1.29, 1.82) is 5.26 Å². The number of hydrogen-bond donors (Lipinski definition) is 0. The van der Waals surface area contributed by atoms with Crippen molar-refractivity contribution in [1.82, 2.24) is 0 Å². The van der Waals surface area contributed by atoms with Gasteiger partial charge in [0, 0.05) is 8.04 Å². The number of rotatable bonds is 1. The Kier molecular flexibility index (Phi) is 3.89. The molecule has 0 unspecified atom stereocenters. The molecule has 1 aromatic rings. The lowest BCUT2D eigenvalue weighted by atomic mass is 10.1. The molecule has 1 aromatic carbocycles. The van der Waals surface area contributed by atoms with Gasteiger partial charge in [0.15, 0.2) is 0 Å². The van der Waals surface area contributed by atoms with Gasteiger partial charge < -0.3 is 4.74 Å². The molecule has 3 nitrogen and oxygen atoms in total. The van der Waals surface area contributed by atoms with Crippen molar-refractivity contribution in [2.45, 2.75) is 0 Å². The van der Waals surface area contributed by atoms with Crippen LogP contribution >= 0.6 is 38.5 Å². The van der Waals surface area contributed by atoms with E-state index in [9.17, 15) is 4.79 Å². The van der Waals surface area contributed by atoms with Crippen LogP contribution in [-0.4, -0.2) is 13.1 Å². The summed E-state index contributed by atoms with van der Waals surface area (Å²) < 4.78 is 6.22. The number of nitrogens with zero attached hydrogens (tertiary/aromatic N) is 1. The highest BCUT2D eigenvalue weighted by atomic mass is 127. The minimum Gasteiger partial charge on any atom is -0.465 e. The summed E-state index contributed by atoms with van der Waals surface area (Å²) in [5, 5.41) is 8.80. The van der Waals surface area contributed by atoms with Crippen LogP contribution < -0.4 is 0 Å². The summed E-state index contributed by atoms with van der Waals surface area (Å²) in [5.41, 5.74) is 0.603. The second-order valence-corrected chi connectivity index (χ2v) is 4.43. The zero-order chi connectivity index (χ0) is 10.7. The average Bonchev–Trinajstić information content (AvgIpc) is 2.20. The van der Waals surface area contributed by atoms with Gasteiger partial charge in [0.1, 0.15) is 6.07 Å². The topological polar surface area (TPSA) is 50.1 Å². The molecule has 5 heteroatoms. The van der Waals surface area contributed by atoms with E-state index >= 15 is 0 Å². The summed E-state index contributed by atoms with van der Waals surface area (Å²) in [6.45, 7) is 0. The molecule has 0 aliphatic heterocycles. The summed E-state index contributed by atoms with van der Waals surface area (Å²) >= 11 is 5.36. The zero-order valence-corrected chi connectivity index (χ0v) is 10.9. The average molecular weight is 366 g/mol. The third-order valence-corrected chi connectivity index (χ3v) is 3.88. The standard InChI is InChI=1S/C9H5BrINO2/c1-14-9(13)6-3-7(10)8(11)2-5(6)4-12/h2-3H,1H3. The van der Waals surface area contributed by atoms with Gasteiger partial charge in [-0.05, 0) is 50.7 Å². The van der Waals surface area contributed by atoms with Crippen molar-refractivity contribution >= 4 is 44.5 Å². The van der Waals surface area contributed by atoms with Gasteiger partial charge in [-0.1, -0.05) is 0 Å². The molecule has 0 saturated heterocycles. The van der Waals surface area contributed by atoms with E-state index in [1.807, 2.05) is 6.07 Å². The third kappa shape index (κ3) is 2.25. The summed E-state index contributed by atoms with van der Waals surface area (Å²) in [6, 6.07) is 5.18. The lowest BCUT2D eigenvalue weighted by Crippen LogP contribution is -2.04. The first-order valence-electron chi connectivity index (χ1n) is 3.57. The number of nitriles is 1. The van der Waals surface area contributed by atoms with Crippen LogP contribution in [0.15, 0.2) is 16.6 Å². The lowest BCUT2D eigenvalue weighted by Gasteiger charge is -2.03. The Labute approximate surface area is 103 Å². The van der Waals surface area contributed by atoms with Gasteiger partial charge in [-0.3, -0.25) is 0 Å². The van der Waals surface area contributed by atoms with Crippen LogP contribution in [0, 0.1) is 14.9 Å². The van der Waals surface area contributed by atoms with E-state index in [1.54, 1.807) is 12.1 Å². The number of halogens is 2. The molecule has 0 amide bonds. The first-order valence-corrected chi connectivity index (χ1v) is 5.44. The number of benzene rings is 1. The summed E-state index contributed by atoms with van der Waals surface area (Å²) in [6.07, 6.45) is 0. The molecule has 0 aromatic heterocycles. The SMILES string of the molecule is COC(=O)c1cc(Br)c(I)cc1C#N. The van der Waals surface area contributed by atoms with Crippen LogP contribution in [0.4, 0.5) is 0 Å². The number of methoxy groups -OCH3 is 1. The molecule has 0 spiro atoms. The quantitative estimate of drug-likeness (QED) is 0.568. The fourth-order valence-corrected chi connectivity index (χ4v) is 1.73. The fourth-order valence-electron chi connectivity index (χ4n) is 0.918. The Balaban J connectivity index is 3.36. The molecular weight excluding hydrogens is 361 g/mol. The van der Waals surface area contributed by atoms with Gasteiger partial charge in [0.2, 0.25) is 0 Å². The van der Waals surface area contributed by atoms with E-state index in [-0.39, 0.29) is 5.56 Å². The molecule has 72 valence electrons. The molecule has 0 aliphatic rings. The highest BCUT2D eigenvalue weighted by Crippen LogP contribution is 2.23. The van der Waals surface area contributed by atoms with Crippen molar-refractivity contribution in [3.8, 4) is 6.07 Å². The van der Waals surface area contributed by atoms with Crippen molar-refractivity contribution < 1.29 is 9.53 Å². The van der Waals surface area contributed by atoms with Gasteiger partial charge in [0.05, 0.1) is 18.2 Å². The monoisotopic (exact) mass is 365 g/mol. The Morgan fingerprint density at radius 1 is 1.64 bits per heavy atom. The number of carbonyl (C=O) groups is 1. The molecule has 0 atom stereocenters. The van der Waals surface area contributed by atoms with Crippen molar-refractivity contribution in [2.24, 2.45) is 0 Å². The maximum absolute atomic E-state index is 11.3. The smallest absolute Gasteiger partial charge is 0.339 e. The van der Waals surface area contributed by atoms with Gasteiger partial charge in [-0.2, -0.15) is 5.26 Å². The minimum absolute atomic E-state index is 0.280. The fraction of sp³-hybridized carbons (Fsp3) is 0.111. The van der Waals surface area contributed by atoms with Gasteiger partial charge in [0.25, 0.3) is 0 Å². The van der Waals surface area contributed by atoms with Gasteiger partial charge in [-0.25, -0.2) is 4.79 Å². The van der Waals surface area contributed by atoms with E-state index < -0.39 is 5.97 Å². The molecule has 0 N–H and O–H groups in total. The second-order valence-electron chi connectivity index (χ2n) is 2.42. The van der Waals surface area contributed by atoms with Crippen LogP contribution in [0.3, 0.4) is 0 Å². The van der Waals surface area contributed by atoms with E-state index in [1.165, 1.54) is 7.11 Å². The molecule has 1 rings (SSSR count). The molecule has 0 bridgehead atoms. The molecule has 0 saturated carbocycles. The highest BCUT2D eigenvalue weighted by Gasteiger charge is 2.13. The molecule has 14 heavy (non-hydrogen) atoms. The number of esters is 1. The largest absolute Gasteiger partial charge is 0.465 e. The number of carbonyl (C=O) groups excluding carboxylic acids is 1. The summed E-state index contributed by atoms with van der Waals surface area (Å²) in [5.74, 6) is -0.501. The Bertz CT molecular complexity index is 426. The molecule has 0 heterocycles. The Hall–Kier alpha value is -0.610. The maximum atomic E-state index is 11.3. The van der Waals surface area contributed by atoms with E-state index in [0.29, 0.717) is 5.56 Å². The first-order chi connectivity index (χ1) is 6.60. The Morgan fingerprint density at radius 2 is 2.29 bits per heavy atom. The van der Waals surface area contributed by atoms with E-state index in [0.717, 1.165) is 8.04 Å². The normalized spacial score (nSPS) is 9.29. The maximum Gasteiger partial charge on any atom is 0.339 e. The summed E-state index contributed by atoms with van der Waals surface area (Å²) in [7, 11) is 1.29. The molecule has 0 fully saturated rings. The van der Waals surface area contributed by atoms with Crippen molar-refractivity contribution in [3.05, 3.63) is 31.3 Å². The Morgan fingerprint density at radius 3 is 2.79 bits per heavy atom. The zero-order valence-electron chi connectivity index (χ0n) is 7.17. The van der Waals surface area contributed by atoms with Gasteiger partial charge >= 0.3 is 5.97 Å². The minimum atomic E-state index is -0.501. The van der Waals surface area contributed by atoms with Crippen LogP contribution in [0.1, 0.15) is 15.9 Å². The molecule has 0 aliphatic carbocycles. The lowest BCUT2D eigenvalue weighted by molar-refractivity contribution is 0.0600. The highest BCUT2D eigenvalue weighted by molar-refractivity contribution is 14.1. The van der Waals surface area contributed by atoms with Crippen LogP contribution in [-0.2, 0) is 4.74 Å². The first kappa shape index (κ1) is 11.5. The van der Waals surface area contributed by atoms with Crippen molar-refractivity contribution in [3.63, 3.8) is 0 Å². The summed E-state index contributed by atoms with van der Waals surface area (Å²) in [4.78, 5) is 11.3. The predicted octanol–water partition coefficient (Wildman–Crippen LogP) is 2.71. The predicted molar refractivity (Wildman–Crippen MR) is 62.9 cm³/mol. The number of ether oxygens (including phenoxy) is 1. The van der Waals surface area contributed by atoms with Crippen LogP contribution in [0.2, 0.25) is 0 Å². The van der Waals surface area contributed by atoms with Crippen LogP contribution in [0.25, 0.3) is 0 Å². The van der Waals surface area contributed by atoms with Crippen molar-refractivity contribution in [2.75, 3.05) is 7.11 Å². The van der Waals surface area contributed by atoms with E-state index in [2.05, 4.69) is 43.3 Å². The van der Waals surface area contributed by atoms with Gasteiger partial charge in [-0.15, -0.1) is 0 Å². The molecular formula is C9H5BrINO2.